The van der Waals surface area contributed by atoms with E-state index in [1.54, 1.807) is 12.1 Å². The van der Waals surface area contributed by atoms with Gasteiger partial charge in [0.15, 0.2) is 0 Å². The molecular weight excluding hydrogens is 584 g/mol. The quantitative estimate of drug-likeness (QED) is 0.122. The maximum Gasteiger partial charge on any atom is 0.313 e. The average Bonchev–Trinajstić information content (AvgIpc) is 2.93. The Labute approximate surface area is 238 Å². The summed E-state index contributed by atoms with van der Waals surface area (Å²) in [5.74, 6) is 0.699. The van der Waals surface area contributed by atoms with Crippen molar-refractivity contribution >= 4 is 50.3 Å². The first kappa shape index (κ1) is 27.0. The van der Waals surface area contributed by atoms with Crippen LogP contribution in [0, 0.1) is 17.0 Å². The fraction of sp³-hybridized carbons (Fsp3) is 0.276. The normalized spacial score (nSPS) is 14.2. The predicted molar refractivity (Wildman–Crippen MR) is 156 cm³/mol. The molecule has 10 heteroatoms. The van der Waals surface area contributed by atoms with Crippen molar-refractivity contribution in [2.24, 2.45) is 5.10 Å². The molecule has 0 spiro atoms. The van der Waals surface area contributed by atoms with Crippen LogP contribution < -0.4 is 10.3 Å². The summed E-state index contributed by atoms with van der Waals surface area (Å²) in [6, 6.07) is 15.9. The second kappa shape index (κ2) is 11.7. The van der Waals surface area contributed by atoms with E-state index < -0.39 is 4.92 Å². The molecule has 0 atom stereocenters. The monoisotopic (exact) mass is 608 g/mol. The van der Waals surface area contributed by atoms with Crippen LogP contribution in [0.2, 0.25) is 5.02 Å². The number of nitrogens with zero attached hydrogens (tertiary/aromatic N) is 4. The zero-order chi connectivity index (χ0) is 27.5. The summed E-state index contributed by atoms with van der Waals surface area (Å²) < 4.78 is 8.04. The van der Waals surface area contributed by atoms with Gasteiger partial charge in [0, 0.05) is 27.0 Å². The molecule has 1 saturated carbocycles. The molecule has 1 aromatic heterocycles. The van der Waals surface area contributed by atoms with Crippen LogP contribution in [0.3, 0.4) is 0 Å². The van der Waals surface area contributed by atoms with Crippen LogP contribution in [0.25, 0.3) is 10.9 Å². The third-order valence-corrected chi connectivity index (χ3v) is 7.59. The highest BCUT2D eigenvalue weighted by Crippen LogP contribution is 2.35. The first-order chi connectivity index (χ1) is 18.8. The predicted octanol–water partition coefficient (Wildman–Crippen LogP) is 7.54. The Bertz CT molecular complexity index is 1630. The number of rotatable bonds is 7. The Morgan fingerprint density at radius 3 is 2.62 bits per heavy atom. The molecule has 0 amide bonds. The first-order valence-electron chi connectivity index (χ1n) is 12.7. The van der Waals surface area contributed by atoms with Crippen molar-refractivity contribution in [1.82, 2.24) is 9.66 Å². The van der Waals surface area contributed by atoms with E-state index in [4.69, 9.17) is 21.3 Å². The molecule has 200 valence electrons. The lowest BCUT2D eigenvalue weighted by Gasteiger charge is -2.22. The van der Waals surface area contributed by atoms with Gasteiger partial charge in [-0.15, -0.1) is 0 Å². The topological polar surface area (TPSA) is 99.6 Å². The van der Waals surface area contributed by atoms with Gasteiger partial charge in [-0.2, -0.15) is 9.78 Å². The van der Waals surface area contributed by atoms with Gasteiger partial charge in [0.25, 0.3) is 5.56 Å². The number of nitro groups is 1. The highest BCUT2D eigenvalue weighted by molar-refractivity contribution is 9.10. The Morgan fingerprint density at radius 2 is 1.90 bits per heavy atom. The van der Waals surface area contributed by atoms with E-state index in [0.717, 1.165) is 47.7 Å². The zero-order valence-electron chi connectivity index (χ0n) is 21.3. The summed E-state index contributed by atoms with van der Waals surface area (Å²) in [5, 5.41) is 17.0. The maximum absolute atomic E-state index is 13.7. The third-order valence-electron chi connectivity index (χ3n) is 6.88. The van der Waals surface area contributed by atoms with Crippen molar-refractivity contribution in [1.29, 1.82) is 0 Å². The number of aromatic nitrogens is 2. The Hall–Kier alpha value is -3.56. The second-order valence-corrected chi connectivity index (χ2v) is 11.1. The van der Waals surface area contributed by atoms with Crippen molar-refractivity contribution in [3.63, 3.8) is 0 Å². The Balaban J connectivity index is 1.61. The van der Waals surface area contributed by atoms with Crippen LogP contribution in [0.15, 0.2) is 69.0 Å². The fourth-order valence-corrected chi connectivity index (χ4v) is 5.43. The first-order valence-corrected chi connectivity index (χ1v) is 13.9. The molecule has 0 N–H and O–H groups in total. The number of nitro benzene ring substituents is 1. The highest BCUT2D eigenvalue weighted by Gasteiger charge is 2.24. The van der Waals surface area contributed by atoms with E-state index in [1.807, 2.05) is 43.3 Å². The van der Waals surface area contributed by atoms with Crippen LogP contribution in [0.1, 0.15) is 60.5 Å². The molecule has 39 heavy (non-hydrogen) atoms. The number of halogens is 2. The molecule has 4 aromatic rings. The van der Waals surface area contributed by atoms with Crippen molar-refractivity contribution < 1.29 is 9.66 Å². The SMILES string of the molecule is Cc1ccc(COc2c(C=Nn3c(C4CCCCC4)nc4ccc(Br)cc4c3=O)cc(Cl)cc2[N+](=O)[O-])cc1. The van der Waals surface area contributed by atoms with Gasteiger partial charge in [0.1, 0.15) is 12.4 Å². The molecule has 0 bridgehead atoms. The minimum atomic E-state index is -0.539. The van der Waals surface area contributed by atoms with E-state index in [0.29, 0.717) is 16.7 Å². The number of benzene rings is 3. The van der Waals surface area contributed by atoms with Crippen LogP contribution in [-0.4, -0.2) is 20.8 Å². The van der Waals surface area contributed by atoms with Gasteiger partial charge in [-0.3, -0.25) is 14.9 Å². The van der Waals surface area contributed by atoms with Crippen molar-refractivity contribution in [3.05, 3.63) is 107 Å². The number of aryl methyl sites for hydroxylation is 1. The maximum atomic E-state index is 13.7. The van der Waals surface area contributed by atoms with Crippen LogP contribution >= 0.6 is 27.5 Å². The molecule has 0 radical (unpaired) electrons. The fourth-order valence-electron chi connectivity index (χ4n) is 4.85. The molecule has 0 unspecified atom stereocenters. The highest BCUT2D eigenvalue weighted by atomic mass is 79.9. The number of hydrogen-bond donors (Lipinski definition) is 0. The van der Waals surface area contributed by atoms with E-state index in [9.17, 15) is 14.9 Å². The van der Waals surface area contributed by atoms with E-state index >= 15 is 0 Å². The lowest BCUT2D eigenvalue weighted by molar-refractivity contribution is -0.385. The van der Waals surface area contributed by atoms with Gasteiger partial charge >= 0.3 is 5.69 Å². The van der Waals surface area contributed by atoms with Crippen molar-refractivity contribution in [3.8, 4) is 5.75 Å². The molecule has 8 nitrogen and oxygen atoms in total. The largest absolute Gasteiger partial charge is 0.481 e. The standard InChI is InChI=1S/C29H26BrClN4O4/c1-18-7-9-19(10-8-18)17-39-27-21(13-23(31)15-26(27)35(37)38)16-32-34-28(20-5-3-2-4-6-20)33-25-12-11-22(30)14-24(25)29(34)36/h7-16,20H,2-6,17H2,1H3. The number of fused-ring (bicyclic) bond motifs is 1. The Kier molecular flexibility index (Phi) is 8.09. The average molecular weight is 610 g/mol. The summed E-state index contributed by atoms with van der Waals surface area (Å²) in [4.78, 5) is 29.9. The lowest BCUT2D eigenvalue weighted by atomic mass is 9.88. The molecule has 1 aliphatic carbocycles. The van der Waals surface area contributed by atoms with E-state index in [-0.39, 0.29) is 40.1 Å². The van der Waals surface area contributed by atoms with Gasteiger partial charge < -0.3 is 4.74 Å². The smallest absolute Gasteiger partial charge is 0.313 e. The van der Waals surface area contributed by atoms with Crippen LogP contribution in [0.4, 0.5) is 5.69 Å². The lowest BCUT2D eigenvalue weighted by Crippen LogP contribution is -2.25. The van der Waals surface area contributed by atoms with Crippen LogP contribution in [0.5, 0.6) is 5.75 Å². The van der Waals surface area contributed by atoms with Gasteiger partial charge in [-0.1, -0.05) is 76.6 Å². The summed E-state index contributed by atoms with van der Waals surface area (Å²) >= 11 is 9.69. The number of hydrogen-bond acceptors (Lipinski definition) is 6. The summed E-state index contributed by atoms with van der Waals surface area (Å²) in [6.07, 6.45) is 6.48. The molecule has 5 rings (SSSR count). The van der Waals surface area contributed by atoms with Gasteiger partial charge in [0.2, 0.25) is 5.75 Å². The van der Waals surface area contributed by atoms with Crippen LogP contribution in [-0.2, 0) is 6.61 Å². The molecule has 3 aromatic carbocycles. The summed E-state index contributed by atoms with van der Waals surface area (Å²) in [7, 11) is 0. The summed E-state index contributed by atoms with van der Waals surface area (Å²) in [5.41, 5.74) is 2.26. The van der Waals surface area contributed by atoms with Gasteiger partial charge in [0.05, 0.1) is 22.0 Å². The molecule has 1 heterocycles. The zero-order valence-corrected chi connectivity index (χ0v) is 23.6. The van der Waals surface area contributed by atoms with Crippen molar-refractivity contribution in [2.45, 2.75) is 51.6 Å². The van der Waals surface area contributed by atoms with E-state index in [2.05, 4.69) is 21.0 Å². The molecule has 0 aliphatic heterocycles. The molecule has 0 saturated heterocycles. The molecular formula is C29H26BrClN4O4. The van der Waals surface area contributed by atoms with Gasteiger partial charge in [-0.25, -0.2) is 4.98 Å². The number of ether oxygens (including phenoxy) is 1. The molecule has 1 aliphatic rings. The third kappa shape index (κ3) is 6.04. The molecule has 1 fully saturated rings. The van der Waals surface area contributed by atoms with Crippen molar-refractivity contribution in [2.75, 3.05) is 0 Å². The minimum absolute atomic E-state index is 0.0254. The van der Waals surface area contributed by atoms with Gasteiger partial charge in [-0.05, 0) is 49.6 Å². The second-order valence-electron chi connectivity index (χ2n) is 9.70. The summed E-state index contributed by atoms with van der Waals surface area (Å²) in [6.45, 7) is 2.09. The van der Waals surface area contributed by atoms with E-state index in [1.165, 1.54) is 17.0 Å². The Morgan fingerprint density at radius 1 is 1.15 bits per heavy atom. The minimum Gasteiger partial charge on any atom is -0.481 e.